The van der Waals surface area contributed by atoms with Gasteiger partial charge in [-0.25, -0.2) is 0 Å². The Labute approximate surface area is 191 Å². The van der Waals surface area contributed by atoms with E-state index in [0.29, 0.717) is 11.7 Å². The van der Waals surface area contributed by atoms with Crippen molar-refractivity contribution in [1.29, 1.82) is 0 Å². The minimum Gasteiger partial charge on any atom is -0.322 e. The van der Waals surface area contributed by atoms with Gasteiger partial charge in [-0.3, -0.25) is 9.69 Å². The Bertz CT molecular complexity index is 1020. The van der Waals surface area contributed by atoms with E-state index < -0.39 is 17.6 Å². The van der Waals surface area contributed by atoms with E-state index in [1.807, 2.05) is 38.9 Å². The third-order valence-corrected chi connectivity index (χ3v) is 5.81. The summed E-state index contributed by atoms with van der Waals surface area (Å²) >= 11 is 0. The summed E-state index contributed by atoms with van der Waals surface area (Å²) in [5.74, 6) is -0.552. The van der Waals surface area contributed by atoms with E-state index in [4.69, 9.17) is 9.59 Å². The van der Waals surface area contributed by atoms with Gasteiger partial charge in [-0.05, 0) is 75.3 Å². The van der Waals surface area contributed by atoms with E-state index in [-0.39, 0.29) is 23.8 Å². The number of hydrogen-bond acceptors (Lipinski definition) is 5. The Balaban J connectivity index is 0.00000122. The average Bonchev–Trinajstić information content (AvgIpc) is 3.20. The molecule has 0 aliphatic carbocycles. The van der Waals surface area contributed by atoms with Crippen LogP contribution in [0.15, 0.2) is 36.4 Å². The van der Waals surface area contributed by atoms with Gasteiger partial charge < -0.3 is 10.2 Å². The number of nitrogens with one attached hydrogen (secondary N) is 1. The number of anilines is 1. The summed E-state index contributed by atoms with van der Waals surface area (Å²) in [5.41, 5.74) is 2.09. The van der Waals surface area contributed by atoms with Crippen molar-refractivity contribution in [1.82, 2.24) is 9.80 Å². The van der Waals surface area contributed by atoms with E-state index >= 15 is 0 Å². The zero-order chi connectivity index (χ0) is 24.8. The van der Waals surface area contributed by atoms with Crippen molar-refractivity contribution in [3.8, 4) is 0 Å². The van der Waals surface area contributed by atoms with E-state index in [1.54, 1.807) is 12.1 Å². The summed E-state index contributed by atoms with van der Waals surface area (Å²) < 4.78 is 41.2. The van der Waals surface area contributed by atoms with Crippen molar-refractivity contribution in [3.63, 3.8) is 0 Å². The summed E-state index contributed by atoms with van der Waals surface area (Å²) in [4.78, 5) is 33.0. The Morgan fingerprint density at radius 1 is 1.12 bits per heavy atom. The number of halogens is 3. The lowest BCUT2D eigenvalue weighted by molar-refractivity contribution is -0.191. The highest BCUT2D eigenvalue weighted by Crippen LogP contribution is 2.34. The fourth-order valence-electron chi connectivity index (χ4n) is 3.76. The second-order valence-electron chi connectivity index (χ2n) is 8.35. The van der Waals surface area contributed by atoms with Crippen LogP contribution >= 0.6 is 0 Å². The number of likely N-dealkylation sites (N-methyl/N-ethyl adjacent to an activating group) is 1. The monoisotopic (exact) mass is 463 g/mol. The quantitative estimate of drug-likeness (QED) is 0.722. The molecular formula is C24H28F3N3O3. The number of nitrogens with zero attached hydrogens (tertiary/aromatic N) is 2. The molecule has 2 aromatic carbocycles. The highest BCUT2D eigenvalue weighted by molar-refractivity contribution is 6.04. The van der Waals surface area contributed by atoms with Gasteiger partial charge in [0.1, 0.15) is 0 Å². The summed E-state index contributed by atoms with van der Waals surface area (Å²) in [7, 11) is 3.97. The normalized spacial score (nSPS) is 16.2. The van der Waals surface area contributed by atoms with Crippen LogP contribution in [0.25, 0.3) is 0 Å². The van der Waals surface area contributed by atoms with E-state index in [9.17, 15) is 18.0 Å². The minimum absolute atomic E-state index is 0.00288. The third-order valence-electron chi connectivity index (χ3n) is 5.81. The molecular weight excluding hydrogens is 435 g/mol. The third kappa shape index (κ3) is 7.25. The molecule has 1 saturated heterocycles. The predicted molar refractivity (Wildman–Crippen MR) is 118 cm³/mol. The van der Waals surface area contributed by atoms with Crippen LogP contribution in [0.1, 0.15) is 39.0 Å². The van der Waals surface area contributed by atoms with E-state index in [2.05, 4.69) is 10.2 Å². The molecule has 178 valence electrons. The van der Waals surface area contributed by atoms with Gasteiger partial charge in [0.05, 0.1) is 5.56 Å². The first-order valence-electron chi connectivity index (χ1n) is 10.4. The molecule has 6 nitrogen and oxygen atoms in total. The molecule has 1 amide bonds. The number of carbonyl (C=O) groups excluding carboxylic acids is 3. The Hall–Kier alpha value is -3.00. The maximum atomic E-state index is 13.7. The second kappa shape index (κ2) is 11.2. The van der Waals surface area contributed by atoms with Gasteiger partial charge >= 0.3 is 12.3 Å². The highest BCUT2D eigenvalue weighted by atomic mass is 19.4. The number of benzene rings is 2. The van der Waals surface area contributed by atoms with Gasteiger partial charge in [0, 0.05) is 36.9 Å². The molecule has 1 atom stereocenters. The molecule has 3 rings (SSSR count). The Kier molecular flexibility index (Phi) is 8.93. The average molecular weight is 464 g/mol. The molecule has 2 aromatic rings. The SMILES string of the molecule is Cc1ccc(NC(=O)c2ccc(CN3CCC(N(C)C)C3)c(C(F)(F)F)c2)cc1C.O=C=O. The smallest absolute Gasteiger partial charge is 0.322 e. The number of amides is 1. The van der Waals surface area contributed by atoms with E-state index in [1.165, 1.54) is 12.1 Å². The van der Waals surface area contributed by atoms with Crippen molar-refractivity contribution in [2.24, 2.45) is 0 Å². The number of alkyl halides is 3. The van der Waals surface area contributed by atoms with Crippen LogP contribution in [-0.2, 0) is 22.3 Å². The molecule has 0 radical (unpaired) electrons. The van der Waals surface area contributed by atoms with Crippen molar-refractivity contribution in [3.05, 3.63) is 64.2 Å². The predicted octanol–water partition coefficient (Wildman–Crippen LogP) is 4.13. The molecule has 1 N–H and O–H groups in total. The van der Waals surface area contributed by atoms with Crippen molar-refractivity contribution < 1.29 is 27.6 Å². The Morgan fingerprint density at radius 2 is 1.79 bits per heavy atom. The zero-order valence-corrected chi connectivity index (χ0v) is 19.1. The fourth-order valence-corrected chi connectivity index (χ4v) is 3.76. The molecule has 0 aromatic heterocycles. The number of hydrogen-bond donors (Lipinski definition) is 1. The highest BCUT2D eigenvalue weighted by Gasteiger charge is 2.35. The van der Waals surface area contributed by atoms with Gasteiger partial charge in [0.2, 0.25) is 0 Å². The minimum atomic E-state index is -4.52. The summed E-state index contributed by atoms with van der Waals surface area (Å²) in [6.45, 7) is 5.59. The van der Waals surface area contributed by atoms with Gasteiger partial charge in [-0.1, -0.05) is 12.1 Å². The van der Waals surface area contributed by atoms with Gasteiger partial charge in [-0.2, -0.15) is 22.8 Å². The molecule has 1 fully saturated rings. The van der Waals surface area contributed by atoms with Crippen LogP contribution in [0.5, 0.6) is 0 Å². The van der Waals surface area contributed by atoms with E-state index in [0.717, 1.165) is 36.7 Å². The number of rotatable bonds is 5. The standard InChI is InChI=1S/C23H28F3N3O.CO2/c1-15-5-8-19(11-16(15)2)27-22(30)17-6-7-18(21(12-17)23(24,25)26)13-29-10-9-20(14-29)28(3)4;2-1-3/h5-8,11-12,20H,9-10,13-14H2,1-4H3,(H,27,30);. The largest absolute Gasteiger partial charge is 0.416 e. The van der Waals surface area contributed by atoms with Crippen LogP contribution in [0, 0.1) is 13.8 Å². The fraction of sp³-hybridized carbons (Fsp3) is 0.417. The topological polar surface area (TPSA) is 69.7 Å². The molecule has 0 bridgehead atoms. The second-order valence-corrected chi connectivity index (χ2v) is 8.35. The maximum absolute atomic E-state index is 13.7. The number of likely N-dealkylation sites (tertiary alicyclic amines) is 1. The van der Waals surface area contributed by atoms with Crippen LogP contribution < -0.4 is 5.32 Å². The molecule has 33 heavy (non-hydrogen) atoms. The van der Waals surface area contributed by atoms with Crippen molar-refractivity contribution in [2.45, 2.75) is 39.0 Å². The van der Waals surface area contributed by atoms with Crippen LogP contribution in [-0.4, -0.2) is 55.1 Å². The molecule has 1 aliphatic heterocycles. The first kappa shape index (κ1) is 26.3. The first-order chi connectivity index (χ1) is 15.5. The molecule has 1 heterocycles. The van der Waals surface area contributed by atoms with Gasteiger partial charge in [0.15, 0.2) is 0 Å². The van der Waals surface area contributed by atoms with Crippen LogP contribution in [0.4, 0.5) is 18.9 Å². The van der Waals surface area contributed by atoms with Crippen LogP contribution in [0.3, 0.4) is 0 Å². The summed E-state index contributed by atoms with van der Waals surface area (Å²) in [6.07, 6.45) is -3.34. The number of carbonyl (C=O) groups is 1. The van der Waals surface area contributed by atoms with Crippen molar-refractivity contribution in [2.75, 3.05) is 32.5 Å². The molecule has 1 aliphatic rings. The summed E-state index contributed by atoms with van der Waals surface area (Å²) in [5, 5.41) is 2.69. The van der Waals surface area contributed by atoms with Crippen molar-refractivity contribution >= 4 is 17.7 Å². The molecule has 1 unspecified atom stereocenters. The summed E-state index contributed by atoms with van der Waals surface area (Å²) in [6, 6.07) is 9.63. The lowest BCUT2D eigenvalue weighted by Crippen LogP contribution is -2.31. The maximum Gasteiger partial charge on any atom is 0.416 e. The number of aryl methyl sites for hydroxylation is 2. The molecule has 0 saturated carbocycles. The zero-order valence-electron chi connectivity index (χ0n) is 19.1. The van der Waals surface area contributed by atoms with Crippen LogP contribution in [0.2, 0.25) is 0 Å². The molecule has 0 spiro atoms. The van der Waals surface area contributed by atoms with Gasteiger partial charge in [0.25, 0.3) is 5.91 Å². The molecule has 9 heteroatoms. The first-order valence-corrected chi connectivity index (χ1v) is 10.4. The van der Waals surface area contributed by atoms with Gasteiger partial charge in [-0.15, -0.1) is 0 Å². The lowest BCUT2D eigenvalue weighted by atomic mass is 10.0. The Morgan fingerprint density at radius 3 is 2.33 bits per heavy atom. The lowest BCUT2D eigenvalue weighted by Gasteiger charge is -2.22.